The molecule has 106 heavy (non-hydrogen) atoms. The van der Waals surface area contributed by atoms with E-state index < -0.39 is 97.5 Å². The molecule has 0 radical (unpaired) electrons. The molecule has 5 atom stereocenters. The van der Waals surface area contributed by atoms with Crippen molar-refractivity contribution in [2.24, 2.45) is 0 Å². The van der Waals surface area contributed by atoms with Gasteiger partial charge in [0.1, 0.15) is 19.3 Å². The molecular formula is C87H138O17P2. The van der Waals surface area contributed by atoms with E-state index in [1.54, 1.807) is 12.2 Å². The highest BCUT2D eigenvalue weighted by Crippen LogP contribution is 2.45. The number of phosphoric acid groups is 2. The van der Waals surface area contributed by atoms with Gasteiger partial charge in [-0.25, -0.2) is 9.13 Å². The predicted molar refractivity (Wildman–Crippen MR) is 436 cm³/mol. The van der Waals surface area contributed by atoms with E-state index in [0.717, 1.165) is 167 Å². The van der Waals surface area contributed by atoms with Gasteiger partial charge in [-0.15, -0.1) is 0 Å². The molecule has 0 fully saturated rings. The van der Waals surface area contributed by atoms with Gasteiger partial charge in [-0.2, -0.15) is 0 Å². The zero-order valence-corrected chi connectivity index (χ0v) is 67.1. The fourth-order valence-corrected chi connectivity index (χ4v) is 11.2. The molecule has 17 nitrogen and oxygen atoms in total. The number of hydrogen-bond acceptors (Lipinski definition) is 15. The molecule has 0 aliphatic carbocycles. The van der Waals surface area contributed by atoms with Crippen molar-refractivity contribution in [1.82, 2.24) is 0 Å². The molecule has 0 amide bonds. The quantitative estimate of drug-likeness (QED) is 0.0169. The zero-order valence-electron chi connectivity index (χ0n) is 65.3. The number of carbonyl (C=O) groups is 4. The molecule has 19 heteroatoms. The maximum absolute atomic E-state index is 13.1. The number of allylic oxidation sites excluding steroid dienone is 31. The second-order valence-corrected chi connectivity index (χ2v) is 28.4. The molecule has 0 saturated carbocycles. The standard InChI is InChI=1S/C87H138O17P2/c1-5-9-13-17-21-25-29-33-37-39-40-42-46-48-52-56-60-64-68-72-85(90)98-78-83(104-87(92)74-70-66-62-58-54-50-44-36-32-28-24-20-16-12-8-4)80-102-106(95,96)100-76-81(88)75-99-105(93,94)101-79-82(103-86(91)73-69-65-61-57-53-49-43-35-31-27-23-19-15-11-7-3)77-97-84(89)71-67-63-59-55-51-47-45-41-38-34-30-26-22-18-14-10-6-2/h10-12,14-16,21-28,33-38,40,42-45,47,53-54,57-58,65,69,81-83,88H,5-9,13,17-20,29-32,39,41,46,48-52,55-56,59-64,66-68,70-80H2,1-4H3,(H,93,94)(H,95,96)/b14-10-,15-11-,16-12-,25-21-,26-22-,27-23-,28-24-,37-33-,38-34-,42-40-,43-35-,44-36-,47-45-,57-53-,58-54-,69-65-. The lowest BCUT2D eigenvalue weighted by molar-refractivity contribution is -0.161. The van der Waals surface area contributed by atoms with Crippen LogP contribution in [0.3, 0.4) is 0 Å². The van der Waals surface area contributed by atoms with Crippen LogP contribution in [0.4, 0.5) is 0 Å². The number of hydrogen-bond donors (Lipinski definition) is 3. The minimum atomic E-state index is -5.02. The minimum absolute atomic E-state index is 0.0290. The van der Waals surface area contributed by atoms with Gasteiger partial charge < -0.3 is 33.8 Å². The van der Waals surface area contributed by atoms with Gasteiger partial charge in [0.05, 0.1) is 32.8 Å². The molecule has 0 rings (SSSR count). The van der Waals surface area contributed by atoms with Gasteiger partial charge in [0.25, 0.3) is 0 Å². The molecule has 0 spiro atoms. The lowest BCUT2D eigenvalue weighted by Crippen LogP contribution is -2.30. The Morgan fingerprint density at radius 2 is 0.528 bits per heavy atom. The second-order valence-electron chi connectivity index (χ2n) is 25.5. The van der Waals surface area contributed by atoms with Crippen molar-refractivity contribution in [2.45, 2.75) is 290 Å². The van der Waals surface area contributed by atoms with E-state index in [-0.39, 0.29) is 25.7 Å². The van der Waals surface area contributed by atoms with Crippen LogP contribution in [0.25, 0.3) is 0 Å². The Kier molecular flexibility index (Phi) is 72.6. The highest BCUT2D eigenvalue weighted by Gasteiger charge is 2.30. The Hall–Kier alpha value is -6.10. The minimum Gasteiger partial charge on any atom is -0.462 e. The van der Waals surface area contributed by atoms with E-state index in [0.29, 0.717) is 32.1 Å². The van der Waals surface area contributed by atoms with Crippen molar-refractivity contribution in [1.29, 1.82) is 0 Å². The monoisotopic (exact) mass is 1520 g/mol. The highest BCUT2D eigenvalue weighted by atomic mass is 31.2. The summed E-state index contributed by atoms with van der Waals surface area (Å²) in [6, 6.07) is 0. The number of aliphatic hydroxyl groups excluding tert-OH is 1. The van der Waals surface area contributed by atoms with Crippen LogP contribution < -0.4 is 0 Å². The lowest BCUT2D eigenvalue weighted by Gasteiger charge is -2.21. The fraction of sp³-hybridized carbons (Fsp3) is 0.586. The number of esters is 4. The largest absolute Gasteiger partial charge is 0.472 e. The smallest absolute Gasteiger partial charge is 0.462 e. The van der Waals surface area contributed by atoms with Gasteiger partial charge >= 0.3 is 39.5 Å². The van der Waals surface area contributed by atoms with Crippen molar-refractivity contribution in [3.63, 3.8) is 0 Å². The van der Waals surface area contributed by atoms with Gasteiger partial charge in [0.2, 0.25) is 0 Å². The third-order valence-electron chi connectivity index (χ3n) is 15.6. The molecular weight excluding hydrogens is 1380 g/mol. The Morgan fingerprint density at radius 1 is 0.283 bits per heavy atom. The van der Waals surface area contributed by atoms with Crippen LogP contribution in [0.2, 0.25) is 0 Å². The van der Waals surface area contributed by atoms with Crippen molar-refractivity contribution < 1.29 is 80.2 Å². The van der Waals surface area contributed by atoms with E-state index in [9.17, 15) is 43.2 Å². The number of rotatable bonds is 72. The fourth-order valence-electron chi connectivity index (χ4n) is 9.64. The van der Waals surface area contributed by atoms with E-state index >= 15 is 0 Å². The topological polar surface area (TPSA) is 237 Å². The van der Waals surface area contributed by atoms with Gasteiger partial charge in [0.15, 0.2) is 12.2 Å². The van der Waals surface area contributed by atoms with E-state index in [4.69, 9.17) is 37.0 Å². The van der Waals surface area contributed by atoms with Crippen LogP contribution in [0.1, 0.15) is 272 Å². The molecule has 0 aromatic rings. The van der Waals surface area contributed by atoms with E-state index in [1.807, 2.05) is 12.2 Å². The molecule has 0 aliphatic heterocycles. The zero-order chi connectivity index (χ0) is 77.4. The first-order valence-corrected chi connectivity index (χ1v) is 42.7. The molecule has 5 unspecified atom stereocenters. The molecule has 0 heterocycles. The van der Waals surface area contributed by atoms with Crippen LogP contribution in [-0.2, 0) is 65.4 Å². The average molecular weight is 1520 g/mol. The van der Waals surface area contributed by atoms with Crippen LogP contribution in [0.5, 0.6) is 0 Å². The summed E-state index contributed by atoms with van der Waals surface area (Å²) in [7, 11) is -10.0. The molecule has 598 valence electrons. The summed E-state index contributed by atoms with van der Waals surface area (Å²) in [5, 5.41) is 10.6. The van der Waals surface area contributed by atoms with Crippen LogP contribution in [0.15, 0.2) is 194 Å². The van der Waals surface area contributed by atoms with E-state index in [1.165, 1.54) is 19.3 Å². The normalized spacial score (nSPS) is 14.9. The second kappa shape index (κ2) is 77.1. The molecule has 0 aliphatic rings. The van der Waals surface area contributed by atoms with Crippen molar-refractivity contribution in [3.05, 3.63) is 194 Å². The first kappa shape index (κ1) is 99.9. The SMILES string of the molecule is CC/C=C\C/C=C\C/C=C\C/C=C\C/C=C\CC(=O)OC(COC(=O)CCCCCC/C=C\C/C=C\C/C=C\C/C=C\CC)COP(=O)(O)OCC(O)COP(=O)(O)OCC(COC(=O)CCCCCCCC/C=C\C/C=C\C/C=C\CCCCC)OC(=O)CCCC/C=C\C/C=C\C/C=C\C/C=C\CC. The molecule has 0 aromatic carbocycles. The van der Waals surface area contributed by atoms with E-state index in [2.05, 4.69) is 198 Å². The van der Waals surface area contributed by atoms with Crippen LogP contribution in [0, 0.1) is 0 Å². The maximum Gasteiger partial charge on any atom is 0.472 e. The summed E-state index contributed by atoms with van der Waals surface area (Å²) >= 11 is 0. The average Bonchev–Trinajstić information content (AvgIpc) is 0.902. The summed E-state index contributed by atoms with van der Waals surface area (Å²) in [6.45, 7) is 4.27. The van der Waals surface area contributed by atoms with Crippen molar-refractivity contribution in [2.75, 3.05) is 39.6 Å². The summed E-state index contributed by atoms with van der Waals surface area (Å²) in [6.07, 6.45) is 94.5. The molecule has 0 aromatic heterocycles. The Morgan fingerprint density at radius 3 is 0.858 bits per heavy atom. The number of aliphatic hydroxyl groups is 1. The summed E-state index contributed by atoms with van der Waals surface area (Å²) in [5.41, 5.74) is 0. The molecule has 0 saturated heterocycles. The predicted octanol–water partition coefficient (Wildman–Crippen LogP) is 23.3. The van der Waals surface area contributed by atoms with Gasteiger partial charge in [0, 0.05) is 19.3 Å². The summed E-state index contributed by atoms with van der Waals surface area (Å²) in [5.74, 6) is -2.43. The van der Waals surface area contributed by atoms with Gasteiger partial charge in [-0.05, 0) is 167 Å². The first-order chi connectivity index (χ1) is 51.7. The van der Waals surface area contributed by atoms with Crippen LogP contribution >= 0.6 is 15.6 Å². The first-order valence-electron chi connectivity index (χ1n) is 39.7. The van der Waals surface area contributed by atoms with Gasteiger partial charge in [-0.3, -0.25) is 37.3 Å². The van der Waals surface area contributed by atoms with Crippen LogP contribution in [-0.4, -0.2) is 96.7 Å². The Bertz CT molecular complexity index is 2780. The number of phosphoric ester groups is 2. The molecule has 0 bridgehead atoms. The number of carbonyl (C=O) groups excluding carboxylic acids is 4. The highest BCUT2D eigenvalue weighted by molar-refractivity contribution is 7.47. The van der Waals surface area contributed by atoms with Crippen molar-refractivity contribution in [3.8, 4) is 0 Å². The number of unbranched alkanes of at least 4 members (excludes halogenated alkanes) is 15. The Balaban J connectivity index is 5.51. The maximum atomic E-state index is 13.1. The molecule has 3 N–H and O–H groups in total. The van der Waals surface area contributed by atoms with Gasteiger partial charge in [-0.1, -0.05) is 273 Å². The third kappa shape index (κ3) is 76.1. The summed E-state index contributed by atoms with van der Waals surface area (Å²) < 4.78 is 68.4. The summed E-state index contributed by atoms with van der Waals surface area (Å²) in [4.78, 5) is 73.0. The number of ether oxygens (including phenoxy) is 4. The lowest BCUT2D eigenvalue weighted by atomic mass is 10.1. The third-order valence-corrected chi connectivity index (χ3v) is 17.5. The Labute approximate surface area is 640 Å². The van der Waals surface area contributed by atoms with Crippen molar-refractivity contribution >= 4 is 39.5 Å².